The topological polar surface area (TPSA) is 26.3 Å². The molecule has 0 radical (unpaired) electrons. The minimum absolute atomic E-state index is 0.0144. The summed E-state index contributed by atoms with van der Waals surface area (Å²) < 4.78 is 5.97. The van der Waals surface area contributed by atoms with E-state index in [0.29, 0.717) is 11.8 Å². The third-order valence-corrected chi connectivity index (χ3v) is 4.82. The quantitative estimate of drug-likeness (QED) is 0.659. The van der Waals surface area contributed by atoms with Gasteiger partial charge in [0, 0.05) is 0 Å². The number of esters is 1. The fraction of sp³-hybridized carbons (Fsp3) is 0.941. The van der Waals surface area contributed by atoms with E-state index in [2.05, 4.69) is 41.5 Å². The van der Waals surface area contributed by atoms with Crippen LogP contribution < -0.4 is 0 Å². The van der Waals surface area contributed by atoms with Gasteiger partial charge in [-0.1, -0.05) is 34.1 Å². The standard InChI is InChI=1S/C17H32O2/c1-13(2)12-17(6,14(3)4)15(18)19-16(5)10-8-7-9-11-16/h13-14H,7-12H2,1-6H3. The highest BCUT2D eigenvalue weighted by atomic mass is 16.6. The predicted molar refractivity (Wildman–Crippen MR) is 80.0 cm³/mol. The van der Waals surface area contributed by atoms with Crippen LogP contribution in [-0.4, -0.2) is 11.6 Å². The summed E-state index contributed by atoms with van der Waals surface area (Å²) in [6.07, 6.45) is 6.60. The zero-order valence-electron chi connectivity index (χ0n) is 13.7. The molecule has 1 fully saturated rings. The second kappa shape index (κ2) is 6.28. The molecule has 112 valence electrons. The number of hydrogen-bond acceptors (Lipinski definition) is 2. The average molecular weight is 268 g/mol. The Balaban J connectivity index is 2.77. The molecule has 19 heavy (non-hydrogen) atoms. The zero-order valence-corrected chi connectivity index (χ0v) is 13.7. The second-order valence-corrected chi connectivity index (χ2v) is 7.57. The SMILES string of the molecule is CC(C)CC(C)(C(=O)OC1(C)CCCCC1)C(C)C. The first-order chi connectivity index (χ1) is 8.69. The summed E-state index contributed by atoms with van der Waals surface area (Å²) in [6.45, 7) is 12.8. The lowest BCUT2D eigenvalue weighted by atomic mass is 9.73. The van der Waals surface area contributed by atoms with E-state index < -0.39 is 0 Å². The van der Waals surface area contributed by atoms with Crippen molar-refractivity contribution in [3.8, 4) is 0 Å². The van der Waals surface area contributed by atoms with E-state index in [0.717, 1.165) is 19.3 Å². The second-order valence-electron chi connectivity index (χ2n) is 7.57. The molecule has 0 N–H and O–H groups in total. The van der Waals surface area contributed by atoms with Crippen LogP contribution in [0.25, 0.3) is 0 Å². The molecule has 0 aromatic heterocycles. The van der Waals surface area contributed by atoms with Crippen LogP contribution in [0.4, 0.5) is 0 Å². The van der Waals surface area contributed by atoms with Gasteiger partial charge in [-0.25, -0.2) is 0 Å². The molecule has 1 unspecified atom stereocenters. The van der Waals surface area contributed by atoms with Crippen molar-refractivity contribution in [2.45, 2.75) is 85.7 Å². The van der Waals surface area contributed by atoms with E-state index in [1.54, 1.807) is 0 Å². The van der Waals surface area contributed by atoms with E-state index in [9.17, 15) is 4.79 Å². The van der Waals surface area contributed by atoms with E-state index in [4.69, 9.17) is 4.74 Å². The summed E-state index contributed by atoms with van der Waals surface area (Å²) in [5, 5.41) is 0. The third-order valence-electron chi connectivity index (χ3n) is 4.82. The lowest BCUT2D eigenvalue weighted by molar-refractivity contribution is -0.177. The molecule has 0 heterocycles. The van der Waals surface area contributed by atoms with Gasteiger partial charge in [0.2, 0.25) is 0 Å². The number of carbonyl (C=O) groups is 1. The van der Waals surface area contributed by atoms with Crippen molar-refractivity contribution in [2.24, 2.45) is 17.3 Å². The van der Waals surface area contributed by atoms with Gasteiger partial charge in [-0.15, -0.1) is 0 Å². The maximum Gasteiger partial charge on any atom is 0.312 e. The minimum Gasteiger partial charge on any atom is -0.459 e. The molecule has 0 aliphatic heterocycles. The molecule has 0 amide bonds. The van der Waals surface area contributed by atoms with Crippen LogP contribution in [0.5, 0.6) is 0 Å². The molecule has 0 aromatic carbocycles. The maximum absolute atomic E-state index is 12.7. The summed E-state index contributed by atoms with van der Waals surface area (Å²) in [5.74, 6) is 0.842. The van der Waals surface area contributed by atoms with Crippen molar-refractivity contribution < 1.29 is 9.53 Å². The van der Waals surface area contributed by atoms with Crippen LogP contribution in [0.15, 0.2) is 0 Å². The Morgan fingerprint density at radius 1 is 1.16 bits per heavy atom. The molecule has 1 aliphatic carbocycles. The summed E-state index contributed by atoms with van der Waals surface area (Å²) in [7, 11) is 0. The fourth-order valence-corrected chi connectivity index (χ4v) is 3.14. The summed E-state index contributed by atoms with van der Waals surface area (Å²) in [5.41, 5.74) is -0.572. The largest absolute Gasteiger partial charge is 0.459 e. The zero-order chi connectivity index (χ0) is 14.7. The van der Waals surface area contributed by atoms with Gasteiger partial charge in [0.1, 0.15) is 5.60 Å². The first-order valence-electron chi connectivity index (χ1n) is 7.93. The number of ether oxygens (including phenoxy) is 1. The van der Waals surface area contributed by atoms with E-state index in [1.807, 2.05) is 0 Å². The van der Waals surface area contributed by atoms with Gasteiger partial charge in [0.25, 0.3) is 0 Å². The van der Waals surface area contributed by atoms with E-state index in [-0.39, 0.29) is 17.0 Å². The highest BCUT2D eigenvalue weighted by molar-refractivity contribution is 5.77. The Kier molecular flexibility index (Phi) is 5.46. The maximum atomic E-state index is 12.7. The van der Waals surface area contributed by atoms with E-state index in [1.165, 1.54) is 19.3 Å². The molecule has 1 rings (SSSR count). The molecule has 1 atom stereocenters. The lowest BCUT2D eigenvalue weighted by Gasteiger charge is -2.39. The van der Waals surface area contributed by atoms with Crippen LogP contribution in [-0.2, 0) is 9.53 Å². The average Bonchev–Trinajstić information content (AvgIpc) is 2.27. The van der Waals surface area contributed by atoms with Crippen LogP contribution in [0.2, 0.25) is 0 Å². The number of carbonyl (C=O) groups excluding carboxylic acids is 1. The highest BCUT2D eigenvalue weighted by Gasteiger charge is 2.42. The normalized spacial score (nSPS) is 22.3. The summed E-state index contributed by atoms with van der Waals surface area (Å²) in [4.78, 5) is 12.7. The van der Waals surface area contributed by atoms with Gasteiger partial charge in [-0.2, -0.15) is 0 Å². The Morgan fingerprint density at radius 2 is 1.68 bits per heavy atom. The van der Waals surface area contributed by atoms with Crippen molar-refractivity contribution >= 4 is 5.97 Å². The van der Waals surface area contributed by atoms with E-state index >= 15 is 0 Å². The number of hydrogen-bond donors (Lipinski definition) is 0. The predicted octanol–water partition coefficient (Wildman–Crippen LogP) is 4.96. The Hall–Kier alpha value is -0.530. The molecular weight excluding hydrogens is 236 g/mol. The van der Waals surface area contributed by atoms with Crippen molar-refractivity contribution in [2.75, 3.05) is 0 Å². The molecule has 0 saturated heterocycles. The van der Waals surface area contributed by atoms with Gasteiger partial charge in [0.05, 0.1) is 5.41 Å². The van der Waals surface area contributed by atoms with Crippen LogP contribution in [0.3, 0.4) is 0 Å². The lowest BCUT2D eigenvalue weighted by Crippen LogP contribution is -2.43. The van der Waals surface area contributed by atoms with Gasteiger partial charge < -0.3 is 4.74 Å². The first-order valence-corrected chi connectivity index (χ1v) is 7.93. The third kappa shape index (κ3) is 4.22. The van der Waals surface area contributed by atoms with Gasteiger partial charge in [0.15, 0.2) is 0 Å². The van der Waals surface area contributed by atoms with Crippen molar-refractivity contribution in [1.29, 1.82) is 0 Å². The molecule has 2 heteroatoms. The molecule has 0 spiro atoms. The Bertz CT molecular complexity index is 300. The monoisotopic (exact) mass is 268 g/mol. The molecular formula is C17H32O2. The Morgan fingerprint density at radius 3 is 2.11 bits per heavy atom. The highest BCUT2D eigenvalue weighted by Crippen LogP contribution is 2.39. The molecule has 2 nitrogen and oxygen atoms in total. The van der Waals surface area contributed by atoms with Crippen molar-refractivity contribution in [1.82, 2.24) is 0 Å². The molecule has 0 aromatic rings. The van der Waals surface area contributed by atoms with Crippen LogP contribution in [0.1, 0.15) is 80.1 Å². The summed E-state index contributed by atoms with van der Waals surface area (Å²) >= 11 is 0. The van der Waals surface area contributed by atoms with Gasteiger partial charge in [-0.05, 0) is 57.8 Å². The molecule has 0 bridgehead atoms. The number of rotatable bonds is 5. The minimum atomic E-state index is -0.353. The van der Waals surface area contributed by atoms with Crippen LogP contribution in [0, 0.1) is 17.3 Å². The fourth-order valence-electron chi connectivity index (χ4n) is 3.14. The molecule has 1 saturated carbocycles. The van der Waals surface area contributed by atoms with Crippen LogP contribution >= 0.6 is 0 Å². The van der Waals surface area contributed by atoms with Gasteiger partial charge >= 0.3 is 5.97 Å². The summed E-state index contributed by atoms with van der Waals surface area (Å²) in [6, 6.07) is 0. The Labute approximate surface area is 119 Å². The first kappa shape index (κ1) is 16.5. The van der Waals surface area contributed by atoms with Crippen molar-refractivity contribution in [3.05, 3.63) is 0 Å². The molecule has 1 aliphatic rings. The smallest absolute Gasteiger partial charge is 0.312 e. The van der Waals surface area contributed by atoms with Gasteiger partial charge in [-0.3, -0.25) is 4.79 Å². The van der Waals surface area contributed by atoms with Crippen molar-refractivity contribution in [3.63, 3.8) is 0 Å².